The van der Waals surface area contributed by atoms with E-state index in [1.54, 1.807) is 31.4 Å². The normalized spacial score (nSPS) is 9.95. The highest BCUT2D eigenvalue weighted by Crippen LogP contribution is 2.29. The van der Waals surface area contributed by atoms with Crippen molar-refractivity contribution < 1.29 is 19.0 Å². The van der Waals surface area contributed by atoms with Crippen molar-refractivity contribution in [2.45, 2.75) is 6.92 Å². The third-order valence-electron chi connectivity index (χ3n) is 3.08. The van der Waals surface area contributed by atoms with Gasteiger partial charge in [0.25, 0.3) is 5.91 Å². The molecule has 0 unspecified atom stereocenters. The highest BCUT2D eigenvalue weighted by Gasteiger charge is 2.12. The molecule has 0 aliphatic heterocycles. The molecule has 0 fully saturated rings. The van der Waals surface area contributed by atoms with Crippen molar-refractivity contribution in [3.05, 3.63) is 48.0 Å². The fourth-order valence-corrected chi connectivity index (χ4v) is 2.02. The first-order chi connectivity index (χ1) is 10.7. The molecule has 0 atom stereocenters. The lowest BCUT2D eigenvalue weighted by Gasteiger charge is -2.12. The van der Waals surface area contributed by atoms with Gasteiger partial charge in [0.15, 0.2) is 11.5 Å². The minimum Gasteiger partial charge on any atom is -0.493 e. The maximum absolute atomic E-state index is 12.4. The van der Waals surface area contributed by atoms with E-state index in [-0.39, 0.29) is 5.91 Å². The standard InChI is InChI=1S/C17H19NO4/c1-4-22-14-8-6-5-7-13(14)18-17(19)12-9-10-15(20-2)16(11-12)21-3/h5-11H,4H2,1-3H3,(H,18,19). The third kappa shape index (κ3) is 3.49. The van der Waals surface area contributed by atoms with E-state index in [1.807, 2.05) is 25.1 Å². The highest BCUT2D eigenvalue weighted by atomic mass is 16.5. The number of para-hydroxylation sites is 2. The summed E-state index contributed by atoms with van der Waals surface area (Å²) in [7, 11) is 3.08. The Balaban J connectivity index is 2.22. The molecule has 0 aliphatic rings. The SMILES string of the molecule is CCOc1ccccc1NC(=O)c1ccc(OC)c(OC)c1. The Kier molecular flexibility index (Phi) is 5.25. The lowest BCUT2D eigenvalue weighted by Crippen LogP contribution is -2.13. The van der Waals surface area contributed by atoms with Crippen LogP contribution in [0.25, 0.3) is 0 Å². The van der Waals surface area contributed by atoms with E-state index in [0.29, 0.717) is 35.1 Å². The predicted octanol–water partition coefficient (Wildman–Crippen LogP) is 3.35. The molecular weight excluding hydrogens is 282 g/mol. The van der Waals surface area contributed by atoms with Gasteiger partial charge in [0, 0.05) is 5.56 Å². The van der Waals surface area contributed by atoms with Gasteiger partial charge in [0.1, 0.15) is 5.75 Å². The molecule has 22 heavy (non-hydrogen) atoms. The van der Waals surface area contributed by atoms with E-state index < -0.39 is 0 Å². The molecule has 0 saturated heterocycles. The average molecular weight is 301 g/mol. The van der Waals surface area contributed by atoms with E-state index in [9.17, 15) is 4.79 Å². The number of hydrogen-bond acceptors (Lipinski definition) is 4. The molecule has 0 spiro atoms. The van der Waals surface area contributed by atoms with Gasteiger partial charge in [-0.15, -0.1) is 0 Å². The average Bonchev–Trinajstić information content (AvgIpc) is 2.56. The summed E-state index contributed by atoms with van der Waals surface area (Å²) in [6, 6.07) is 12.3. The van der Waals surface area contributed by atoms with Crippen LogP contribution in [0.5, 0.6) is 17.2 Å². The van der Waals surface area contributed by atoms with Crippen molar-refractivity contribution >= 4 is 11.6 Å². The zero-order chi connectivity index (χ0) is 15.9. The molecule has 5 nitrogen and oxygen atoms in total. The molecule has 0 aromatic heterocycles. The molecule has 0 bridgehead atoms. The Hall–Kier alpha value is -2.69. The number of ether oxygens (including phenoxy) is 3. The molecular formula is C17H19NO4. The second-order valence-corrected chi connectivity index (χ2v) is 4.45. The molecule has 0 aliphatic carbocycles. The van der Waals surface area contributed by atoms with Crippen molar-refractivity contribution in [1.29, 1.82) is 0 Å². The summed E-state index contributed by atoms with van der Waals surface area (Å²) < 4.78 is 15.9. The van der Waals surface area contributed by atoms with Crippen molar-refractivity contribution in [1.82, 2.24) is 0 Å². The van der Waals surface area contributed by atoms with Gasteiger partial charge in [-0.25, -0.2) is 0 Å². The van der Waals surface area contributed by atoms with E-state index in [4.69, 9.17) is 14.2 Å². The van der Waals surface area contributed by atoms with Crippen molar-refractivity contribution in [3.63, 3.8) is 0 Å². The minimum atomic E-state index is -0.242. The first-order valence-corrected chi connectivity index (χ1v) is 6.94. The molecule has 2 aromatic carbocycles. The van der Waals surface area contributed by atoms with Gasteiger partial charge in [-0.3, -0.25) is 4.79 Å². The summed E-state index contributed by atoms with van der Waals surface area (Å²) in [6.45, 7) is 2.43. The smallest absolute Gasteiger partial charge is 0.255 e. The number of methoxy groups -OCH3 is 2. The maximum Gasteiger partial charge on any atom is 0.255 e. The summed E-state index contributed by atoms with van der Waals surface area (Å²) in [4.78, 5) is 12.4. The fraction of sp³-hybridized carbons (Fsp3) is 0.235. The lowest BCUT2D eigenvalue weighted by molar-refractivity contribution is 0.102. The molecule has 2 aromatic rings. The van der Waals surface area contributed by atoms with Crippen LogP contribution in [-0.2, 0) is 0 Å². The van der Waals surface area contributed by atoms with Gasteiger partial charge in [-0.2, -0.15) is 0 Å². The monoisotopic (exact) mass is 301 g/mol. The molecule has 1 amide bonds. The van der Waals surface area contributed by atoms with Gasteiger partial charge >= 0.3 is 0 Å². The topological polar surface area (TPSA) is 56.8 Å². The number of nitrogens with one attached hydrogen (secondary N) is 1. The molecule has 0 saturated carbocycles. The summed E-state index contributed by atoms with van der Waals surface area (Å²) in [5.41, 5.74) is 1.10. The van der Waals surface area contributed by atoms with Crippen molar-refractivity contribution in [2.24, 2.45) is 0 Å². The molecule has 116 valence electrons. The zero-order valence-corrected chi connectivity index (χ0v) is 12.9. The number of rotatable bonds is 6. The van der Waals surface area contributed by atoms with E-state index in [2.05, 4.69) is 5.32 Å². The zero-order valence-electron chi connectivity index (χ0n) is 12.9. The van der Waals surface area contributed by atoms with Crippen LogP contribution in [0.2, 0.25) is 0 Å². The summed E-state index contributed by atoms with van der Waals surface area (Å²) in [5, 5.41) is 2.84. The Labute approximate surface area is 129 Å². The number of hydrogen-bond donors (Lipinski definition) is 1. The largest absolute Gasteiger partial charge is 0.493 e. The predicted molar refractivity (Wildman–Crippen MR) is 85.1 cm³/mol. The molecule has 5 heteroatoms. The van der Waals surface area contributed by atoms with Crippen LogP contribution in [0.3, 0.4) is 0 Å². The Morgan fingerprint density at radius 3 is 2.41 bits per heavy atom. The van der Waals surface area contributed by atoms with Crippen LogP contribution in [0.4, 0.5) is 5.69 Å². The Morgan fingerprint density at radius 1 is 1.00 bits per heavy atom. The number of carbonyl (C=O) groups excluding carboxylic acids is 1. The van der Waals surface area contributed by atoms with Gasteiger partial charge in [-0.1, -0.05) is 12.1 Å². The summed E-state index contributed by atoms with van der Waals surface area (Å²) in [6.07, 6.45) is 0. The second kappa shape index (κ2) is 7.36. The second-order valence-electron chi connectivity index (χ2n) is 4.45. The van der Waals surface area contributed by atoms with Gasteiger partial charge < -0.3 is 19.5 Å². The van der Waals surface area contributed by atoms with E-state index in [0.717, 1.165) is 0 Å². The molecule has 0 radical (unpaired) electrons. The van der Waals surface area contributed by atoms with Gasteiger partial charge in [0.2, 0.25) is 0 Å². The quantitative estimate of drug-likeness (QED) is 0.889. The minimum absolute atomic E-state index is 0.242. The Morgan fingerprint density at radius 2 is 1.73 bits per heavy atom. The summed E-state index contributed by atoms with van der Waals surface area (Å²) in [5.74, 6) is 1.48. The molecule has 0 heterocycles. The Bertz CT molecular complexity index is 655. The number of amides is 1. The molecule has 2 rings (SSSR count). The van der Waals surface area contributed by atoms with E-state index in [1.165, 1.54) is 7.11 Å². The van der Waals surface area contributed by atoms with Crippen LogP contribution in [0.1, 0.15) is 17.3 Å². The van der Waals surface area contributed by atoms with Gasteiger partial charge in [-0.05, 0) is 37.3 Å². The molecule has 1 N–H and O–H groups in total. The first-order valence-electron chi connectivity index (χ1n) is 6.94. The number of anilines is 1. The highest BCUT2D eigenvalue weighted by molar-refractivity contribution is 6.05. The van der Waals surface area contributed by atoms with Crippen molar-refractivity contribution in [2.75, 3.05) is 26.1 Å². The number of carbonyl (C=O) groups is 1. The van der Waals surface area contributed by atoms with Crippen LogP contribution in [0, 0.1) is 0 Å². The number of benzene rings is 2. The third-order valence-corrected chi connectivity index (χ3v) is 3.08. The van der Waals surface area contributed by atoms with Crippen molar-refractivity contribution in [3.8, 4) is 17.2 Å². The van der Waals surface area contributed by atoms with Crippen LogP contribution >= 0.6 is 0 Å². The summed E-state index contributed by atoms with van der Waals surface area (Å²) >= 11 is 0. The lowest BCUT2D eigenvalue weighted by atomic mass is 10.1. The fourth-order valence-electron chi connectivity index (χ4n) is 2.02. The van der Waals surface area contributed by atoms with E-state index >= 15 is 0 Å². The van der Waals surface area contributed by atoms with Crippen LogP contribution < -0.4 is 19.5 Å². The van der Waals surface area contributed by atoms with Crippen LogP contribution in [-0.4, -0.2) is 26.7 Å². The first kappa shape index (κ1) is 15.7. The van der Waals surface area contributed by atoms with Crippen LogP contribution in [0.15, 0.2) is 42.5 Å². The maximum atomic E-state index is 12.4. The van der Waals surface area contributed by atoms with Gasteiger partial charge in [0.05, 0.1) is 26.5 Å².